The molecule has 0 amide bonds. The predicted molar refractivity (Wildman–Crippen MR) is 72.7 cm³/mol. The molecular formula is C13H21N3O. The summed E-state index contributed by atoms with van der Waals surface area (Å²) in [6, 6.07) is 7.74. The molecule has 0 bridgehead atoms. The van der Waals surface area contributed by atoms with Gasteiger partial charge in [-0.3, -0.25) is 4.99 Å². The van der Waals surface area contributed by atoms with Crippen molar-refractivity contribution in [1.29, 1.82) is 0 Å². The summed E-state index contributed by atoms with van der Waals surface area (Å²) in [5, 5.41) is 0. The second kappa shape index (κ2) is 6.13. The summed E-state index contributed by atoms with van der Waals surface area (Å²) < 4.78 is 5.29. The molecular weight excluding hydrogens is 214 g/mol. The summed E-state index contributed by atoms with van der Waals surface area (Å²) in [5.41, 5.74) is 6.86. The van der Waals surface area contributed by atoms with Crippen molar-refractivity contribution in [3.63, 3.8) is 0 Å². The Morgan fingerprint density at radius 2 is 2.06 bits per heavy atom. The molecule has 17 heavy (non-hydrogen) atoms. The quantitative estimate of drug-likeness (QED) is 0.642. The second-order valence-electron chi connectivity index (χ2n) is 4.32. The zero-order valence-corrected chi connectivity index (χ0v) is 11.0. The third-order valence-corrected chi connectivity index (χ3v) is 2.41. The van der Waals surface area contributed by atoms with Gasteiger partial charge in [0.25, 0.3) is 0 Å². The molecule has 0 radical (unpaired) electrons. The van der Waals surface area contributed by atoms with Crippen LogP contribution in [0.2, 0.25) is 0 Å². The molecule has 4 heteroatoms. The predicted octanol–water partition coefficient (Wildman–Crippen LogP) is 2.10. The van der Waals surface area contributed by atoms with E-state index >= 15 is 0 Å². The van der Waals surface area contributed by atoms with Gasteiger partial charge in [0, 0.05) is 13.6 Å². The van der Waals surface area contributed by atoms with E-state index in [1.807, 2.05) is 36.2 Å². The second-order valence-corrected chi connectivity index (χ2v) is 4.32. The van der Waals surface area contributed by atoms with Gasteiger partial charge in [0.05, 0.1) is 12.8 Å². The topological polar surface area (TPSA) is 50.9 Å². The van der Waals surface area contributed by atoms with Crippen LogP contribution in [0, 0.1) is 5.92 Å². The van der Waals surface area contributed by atoms with Crippen LogP contribution >= 0.6 is 0 Å². The largest absolute Gasteiger partial charge is 0.495 e. The normalized spacial score (nSPS) is 11.7. The highest BCUT2D eigenvalue weighted by molar-refractivity contribution is 5.95. The third kappa shape index (κ3) is 3.66. The molecule has 1 aromatic rings. The van der Waals surface area contributed by atoms with Gasteiger partial charge in [-0.1, -0.05) is 26.0 Å². The zero-order valence-electron chi connectivity index (χ0n) is 11.0. The summed E-state index contributed by atoms with van der Waals surface area (Å²) in [7, 11) is 3.53. The highest BCUT2D eigenvalue weighted by atomic mass is 16.5. The lowest BCUT2D eigenvalue weighted by molar-refractivity contribution is 0.416. The molecule has 0 heterocycles. The number of ether oxygens (including phenoxy) is 1. The van der Waals surface area contributed by atoms with E-state index in [2.05, 4.69) is 18.8 Å². The molecule has 0 atom stereocenters. The highest BCUT2D eigenvalue weighted by Crippen LogP contribution is 2.26. The van der Waals surface area contributed by atoms with Crippen LogP contribution < -0.4 is 15.4 Å². The molecule has 0 saturated carbocycles. The number of benzene rings is 1. The summed E-state index contributed by atoms with van der Waals surface area (Å²) >= 11 is 0. The maximum atomic E-state index is 5.94. The fraction of sp³-hybridized carbons (Fsp3) is 0.462. The Bertz CT molecular complexity index is 388. The number of rotatable bonds is 4. The lowest BCUT2D eigenvalue weighted by Gasteiger charge is -2.20. The van der Waals surface area contributed by atoms with Crippen molar-refractivity contribution in [2.24, 2.45) is 16.6 Å². The molecule has 0 unspecified atom stereocenters. The number of methoxy groups -OCH3 is 1. The molecule has 2 N–H and O–H groups in total. The molecule has 4 nitrogen and oxygen atoms in total. The first kappa shape index (κ1) is 13.4. The van der Waals surface area contributed by atoms with Crippen LogP contribution in [0.4, 0.5) is 5.69 Å². The van der Waals surface area contributed by atoms with E-state index in [4.69, 9.17) is 10.5 Å². The Hall–Kier alpha value is -1.71. The fourth-order valence-corrected chi connectivity index (χ4v) is 1.41. The van der Waals surface area contributed by atoms with Gasteiger partial charge in [0.15, 0.2) is 5.96 Å². The van der Waals surface area contributed by atoms with Gasteiger partial charge < -0.3 is 15.4 Å². The first-order valence-corrected chi connectivity index (χ1v) is 5.73. The number of hydrogen-bond acceptors (Lipinski definition) is 2. The van der Waals surface area contributed by atoms with E-state index in [1.54, 1.807) is 7.11 Å². The Labute approximate surface area is 103 Å². The lowest BCUT2D eigenvalue weighted by atomic mass is 10.2. The SMILES string of the molecule is COc1ccccc1N(C)C(N)=NCC(C)C. The number of anilines is 1. The number of guanidine groups is 1. The van der Waals surface area contributed by atoms with Crippen LogP contribution in [0.25, 0.3) is 0 Å². The lowest BCUT2D eigenvalue weighted by Crippen LogP contribution is -2.34. The van der Waals surface area contributed by atoms with Crippen molar-refractivity contribution < 1.29 is 4.74 Å². The molecule has 0 aliphatic rings. The number of para-hydroxylation sites is 2. The van der Waals surface area contributed by atoms with E-state index in [0.717, 1.165) is 18.0 Å². The molecule has 0 aliphatic heterocycles. The van der Waals surface area contributed by atoms with Crippen LogP contribution in [0.3, 0.4) is 0 Å². The maximum absolute atomic E-state index is 5.94. The van der Waals surface area contributed by atoms with Crippen molar-refractivity contribution in [1.82, 2.24) is 0 Å². The Kier molecular flexibility index (Phi) is 4.82. The van der Waals surface area contributed by atoms with Crippen molar-refractivity contribution in [3.8, 4) is 5.75 Å². The molecule has 0 spiro atoms. The molecule has 0 aromatic heterocycles. The Morgan fingerprint density at radius 3 is 2.65 bits per heavy atom. The van der Waals surface area contributed by atoms with E-state index in [-0.39, 0.29) is 0 Å². The monoisotopic (exact) mass is 235 g/mol. The first-order valence-electron chi connectivity index (χ1n) is 5.73. The minimum atomic E-state index is 0.500. The number of nitrogens with zero attached hydrogens (tertiary/aromatic N) is 2. The van der Waals surface area contributed by atoms with Gasteiger partial charge in [0.1, 0.15) is 5.75 Å². The maximum Gasteiger partial charge on any atom is 0.195 e. The van der Waals surface area contributed by atoms with Gasteiger partial charge in [-0.25, -0.2) is 0 Å². The van der Waals surface area contributed by atoms with Crippen molar-refractivity contribution in [2.45, 2.75) is 13.8 Å². The number of aliphatic imine (C=N–C) groups is 1. The molecule has 0 saturated heterocycles. The first-order chi connectivity index (χ1) is 8.06. The smallest absolute Gasteiger partial charge is 0.195 e. The van der Waals surface area contributed by atoms with Crippen LogP contribution in [0.5, 0.6) is 5.75 Å². The van der Waals surface area contributed by atoms with E-state index < -0.39 is 0 Å². The average molecular weight is 235 g/mol. The van der Waals surface area contributed by atoms with Gasteiger partial charge in [-0.15, -0.1) is 0 Å². The molecule has 0 fully saturated rings. The minimum Gasteiger partial charge on any atom is -0.495 e. The van der Waals surface area contributed by atoms with Crippen molar-refractivity contribution >= 4 is 11.6 Å². The van der Waals surface area contributed by atoms with Crippen LogP contribution in [0.1, 0.15) is 13.8 Å². The van der Waals surface area contributed by atoms with Gasteiger partial charge in [-0.05, 0) is 18.1 Å². The molecule has 1 aromatic carbocycles. The van der Waals surface area contributed by atoms with E-state index in [1.165, 1.54) is 0 Å². The summed E-state index contributed by atoms with van der Waals surface area (Å²) in [5.74, 6) is 1.79. The summed E-state index contributed by atoms with van der Waals surface area (Å²) in [6.07, 6.45) is 0. The van der Waals surface area contributed by atoms with Crippen molar-refractivity contribution in [2.75, 3.05) is 25.6 Å². The zero-order chi connectivity index (χ0) is 12.8. The summed E-state index contributed by atoms with van der Waals surface area (Å²) in [6.45, 7) is 4.95. The average Bonchev–Trinajstić information content (AvgIpc) is 2.34. The minimum absolute atomic E-state index is 0.500. The Morgan fingerprint density at radius 1 is 1.41 bits per heavy atom. The third-order valence-electron chi connectivity index (χ3n) is 2.41. The van der Waals surface area contributed by atoms with Crippen LogP contribution in [-0.4, -0.2) is 26.7 Å². The summed E-state index contributed by atoms with van der Waals surface area (Å²) in [4.78, 5) is 6.17. The Balaban J connectivity index is 2.88. The fourth-order valence-electron chi connectivity index (χ4n) is 1.41. The standard InChI is InChI=1S/C13H21N3O/c1-10(2)9-15-13(14)16(3)11-7-5-6-8-12(11)17-4/h5-8,10H,9H2,1-4H3,(H2,14,15). The molecule has 94 valence electrons. The molecule has 0 aliphatic carbocycles. The van der Waals surface area contributed by atoms with Gasteiger partial charge in [0.2, 0.25) is 0 Å². The van der Waals surface area contributed by atoms with Crippen LogP contribution in [-0.2, 0) is 0 Å². The number of nitrogens with two attached hydrogens (primary N) is 1. The van der Waals surface area contributed by atoms with Gasteiger partial charge >= 0.3 is 0 Å². The van der Waals surface area contributed by atoms with E-state index in [0.29, 0.717) is 11.9 Å². The van der Waals surface area contributed by atoms with Gasteiger partial charge in [-0.2, -0.15) is 0 Å². The van der Waals surface area contributed by atoms with E-state index in [9.17, 15) is 0 Å². The highest BCUT2D eigenvalue weighted by Gasteiger charge is 2.10. The molecule has 1 rings (SSSR count). The van der Waals surface area contributed by atoms with Crippen molar-refractivity contribution in [3.05, 3.63) is 24.3 Å². The van der Waals surface area contributed by atoms with Crippen LogP contribution in [0.15, 0.2) is 29.3 Å². The number of hydrogen-bond donors (Lipinski definition) is 1.